The van der Waals surface area contributed by atoms with Gasteiger partial charge in [0.2, 0.25) is 0 Å². The van der Waals surface area contributed by atoms with E-state index in [0.29, 0.717) is 5.56 Å². The molecular formula is C17H13BrFNS. The molecule has 1 heterocycles. The Balaban J connectivity index is 2.09. The highest BCUT2D eigenvalue weighted by Crippen LogP contribution is 2.35. The van der Waals surface area contributed by atoms with Crippen LogP contribution in [0.5, 0.6) is 0 Å². The van der Waals surface area contributed by atoms with Gasteiger partial charge in [0.1, 0.15) is 10.8 Å². The molecule has 1 nitrogen and oxygen atoms in total. The first-order valence-corrected chi connectivity index (χ1v) is 8.15. The second-order valence-corrected chi connectivity index (χ2v) is 7.03. The van der Waals surface area contributed by atoms with Gasteiger partial charge in [0.25, 0.3) is 0 Å². The van der Waals surface area contributed by atoms with Crippen LogP contribution in [0.4, 0.5) is 4.39 Å². The zero-order chi connectivity index (χ0) is 15.0. The standard InChI is InChI=1S/C17H13BrFNS/c1-10-3-8-15(19)14(9-10)17-20-16(11(2)21-17)12-4-6-13(18)7-5-12/h3-9H,1-2H3. The monoisotopic (exact) mass is 361 g/mol. The largest absolute Gasteiger partial charge is 0.236 e. The van der Waals surface area contributed by atoms with Crippen LogP contribution in [0.2, 0.25) is 0 Å². The van der Waals surface area contributed by atoms with E-state index in [1.807, 2.05) is 44.2 Å². The fourth-order valence-corrected chi connectivity index (χ4v) is 3.41. The number of halogens is 2. The molecule has 0 fully saturated rings. The number of rotatable bonds is 2. The quantitative estimate of drug-likeness (QED) is 0.545. The maximum absolute atomic E-state index is 14.0. The van der Waals surface area contributed by atoms with Crippen LogP contribution in [-0.2, 0) is 0 Å². The first kappa shape index (κ1) is 14.4. The van der Waals surface area contributed by atoms with Gasteiger partial charge in [0, 0.05) is 20.5 Å². The molecule has 21 heavy (non-hydrogen) atoms. The molecular weight excluding hydrogens is 349 g/mol. The van der Waals surface area contributed by atoms with Crippen LogP contribution in [0.1, 0.15) is 10.4 Å². The predicted molar refractivity (Wildman–Crippen MR) is 90.1 cm³/mol. The Bertz CT molecular complexity index is 793. The third-order valence-electron chi connectivity index (χ3n) is 3.27. The van der Waals surface area contributed by atoms with E-state index < -0.39 is 0 Å². The molecule has 1 aromatic heterocycles. The van der Waals surface area contributed by atoms with Crippen LogP contribution < -0.4 is 0 Å². The third kappa shape index (κ3) is 2.92. The molecule has 0 aliphatic rings. The van der Waals surface area contributed by atoms with Gasteiger partial charge in [-0.3, -0.25) is 0 Å². The summed E-state index contributed by atoms with van der Waals surface area (Å²) in [6.45, 7) is 3.98. The van der Waals surface area contributed by atoms with E-state index in [-0.39, 0.29) is 5.82 Å². The summed E-state index contributed by atoms with van der Waals surface area (Å²) >= 11 is 4.96. The molecule has 0 aliphatic carbocycles. The molecule has 0 saturated heterocycles. The average molecular weight is 362 g/mol. The van der Waals surface area contributed by atoms with Crippen LogP contribution in [0, 0.1) is 19.7 Å². The van der Waals surface area contributed by atoms with Crippen molar-refractivity contribution in [2.75, 3.05) is 0 Å². The Labute approximate surface area is 135 Å². The van der Waals surface area contributed by atoms with E-state index in [4.69, 9.17) is 0 Å². The van der Waals surface area contributed by atoms with Crippen LogP contribution in [-0.4, -0.2) is 4.98 Å². The van der Waals surface area contributed by atoms with E-state index in [1.54, 1.807) is 6.07 Å². The Morgan fingerprint density at radius 1 is 1.05 bits per heavy atom. The Kier molecular flexibility index (Phi) is 3.91. The fraction of sp³-hybridized carbons (Fsp3) is 0.118. The molecule has 0 saturated carbocycles. The maximum atomic E-state index is 14.0. The molecule has 0 N–H and O–H groups in total. The van der Waals surface area contributed by atoms with Gasteiger partial charge in [-0.25, -0.2) is 9.37 Å². The number of thiazole rings is 1. The lowest BCUT2D eigenvalue weighted by Crippen LogP contribution is -1.86. The Hall–Kier alpha value is -1.52. The molecule has 106 valence electrons. The number of hydrogen-bond donors (Lipinski definition) is 0. The zero-order valence-electron chi connectivity index (χ0n) is 11.7. The van der Waals surface area contributed by atoms with Crippen molar-refractivity contribution in [3.8, 4) is 21.8 Å². The molecule has 0 aliphatic heterocycles. The van der Waals surface area contributed by atoms with Gasteiger partial charge in [0.05, 0.1) is 5.69 Å². The van der Waals surface area contributed by atoms with Crippen molar-refractivity contribution < 1.29 is 4.39 Å². The van der Waals surface area contributed by atoms with Crippen LogP contribution >= 0.6 is 27.3 Å². The second kappa shape index (κ2) is 5.70. The first-order chi connectivity index (χ1) is 10.0. The van der Waals surface area contributed by atoms with Crippen molar-refractivity contribution in [2.24, 2.45) is 0 Å². The predicted octanol–water partition coefficient (Wildman–Crippen LogP) is 6.00. The summed E-state index contributed by atoms with van der Waals surface area (Å²) in [6.07, 6.45) is 0. The van der Waals surface area contributed by atoms with Gasteiger partial charge >= 0.3 is 0 Å². The Morgan fingerprint density at radius 2 is 1.76 bits per heavy atom. The average Bonchev–Trinajstić information content (AvgIpc) is 2.84. The number of benzene rings is 2. The minimum Gasteiger partial charge on any atom is -0.236 e. The lowest BCUT2D eigenvalue weighted by Gasteiger charge is -2.01. The fourth-order valence-electron chi connectivity index (χ4n) is 2.19. The minimum atomic E-state index is -0.225. The molecule has 0 radical (unpaired) electrons. The molecule has 0 unspecified atom stereocenters. The topological polar surface area (TPSA) is 12.9 Å². The highest BCUT2D eigenvalue weighted by atomic mass is 79.9. The summed E-state index contributed by atoms with van der Waals surface area (Å²) in [5, 5.41) is 0.728. The number of hydrogen-bond acceptors (Lipinski definition) is 2. The van der Waals surface area contributed by atoms with E-state index in [9.17, 15) is 4.39 Å². The van der Waals surface area contributed by atoms with Crippen molar-refractivity contribution in [3.05, 3.63) is 63.2 Å². The van der Waals surface area contributed by atoms with Crippen molar-refractivity contribution in [1.82, 2.24) is 4.98 Å². The van der Waals surface area contributed by atoms with Gasteiger partial charge in [-0.15, -0.1) is 11.3 Å². The van der Waals surface area contributed by atoms with Gasteiger partial charge in [-0.05, 0) is 38.1 Å². The summed E-state index contributed by atoms with van der Waals surface area (Å²) in [5.41, 5.74) is 3.57. The molecule has 0 spiro atoms. The molecule has 3 rings (SSSR count). The smallest absolute Gasteiger partial charge is 0.133 e. The second-order valence-electron chi connectivity index (χ2n) is 4.91. The van der Waals surface area contributed by atoms with Crippen molar-refractivity contribution in [1.29, 1.82) is 0 Å². The summed E-state index contributed by atoms with van der Waals surface area (Å²) in [4.78, 5) is 5.74. The highest BCUT2D eigenvalue weighted by molar-refractivity contribution is 9.10. The van der Waals surface area contributed by atoms with E-state index in [0.717, 1.165) is 31.2 Å². The van der Waals surface area contributed by atoms with E-state index in [1.165, 1.54) is 17.4 Å². The number of nitrogens with zero attached hydrogens (tertiary/aromatic N) is 1. The lowest BCUT2D eigenvalue weighted by molar-refractivity contribution is 0.631. The van der Waals surface area contributed by atoms with Crippen molar-refractivity contribution in [2.45, 2.75) is 13.8 Å². The third-order valence-corrected chi connectivity index (χ3v) is 4.80. The van der Waals surface area contributed by atoms with Crippen LogP contribution in [0.3, 0.4) is 0 Å². The first-order valence-electron chi connectivity index (χ1n) is 6.54. The van der Waals surface area contributed by atoms with Gasteiger partial charge in [-0.2, -0.15) is 0 Å². The van der Waals surface area contributed by atoms with Crippen molar-refractivity contribution in [3.63, 3.8) is 0 Å². The van der Waals surface area contributed by atoms with Gasteiger partial charge in [-0.1, -0.05) is 39.7 Å². The van der Waals surface area contributed by atoms with Crippen molar-refractivity contribution >= 4 is 27.3 Å². The summed E-state index contributed by atoms with van der Waals surface area (Å²) in [7, 11) is 0. The Morgan fingerprint density at radius 3 is 2.48 bits per heavy atom. The van der Waals surface area contributed by atoms with Crippen LogP contribution in [0.15, 0.2) is 46.9 Å². The SMILES string of the molecule is Cc1ccc(F)c(-c2nc(-c3ccc(Br)cc3)c(C)s2)c1. The number of aryl methyl sites for hydroxylation is 2. The minimum absolute atomic E-state index is 0.225. The maximum Gasteiger partial charge on any atom is 0.133 e. The van der Waals surface area contributed by atoms with Gasteiger partial charge < -0.3 is 0 Å². The highest BCUT2D eigenvalue weighted by Gasteiger charge is 2.14. The zero-order valence-corrected chi connectivity index (χ0v) is 14.1. The molecule has 0 amide bonds. The summed E-state index contributed by atoms with van der Waals surface area (Å²) in [6, 6.07) is 13.1. The lowest BCUT2D eigenvalue weighted by atomic mass is 10.1. The summed E-state index contributed by atoms with van der Waals surface area (Å²) < 4.78 is 15.0. The number of aromatic nitrogens is 1. The normalized spacial score (nSPS) is 10.9. The molecule has 3 aromatic rings. The van der Waals surface area contributed by atoms with Crippen LogP contribution in [0.25, 0.3) is 21.8 Å². The van der Waals surface area contributed by atoms with E-state index >= 15 is 0 Å². The van der Waals surface area contributed by atoms with Gasteiger partial charge in [0.15, 0.2) is 0 Å². The molecule has 0 bridgehead atoms. The molecule has 0 atom stereocenters. The molecule has 4 heteroatoms. The van der Waals surface area contributed by atoms with E-state index in [2.05, 4.69) is 20.9 Å². The summed E-state index contributed by atoms with van der Waals surface area (Å²) in [5.74, 6) is -0.225. The molecule has 2 aromatic carbocycles.